The molecule has 0 bridgehead atoms. The molecule has 2 N–H and O–H groups in total. The molecular formula is C15H17N3O3. The number of anilines is 1. The average molecular weight is 287 g/mol. The number of hydrogen-bond donors (Lipinski definition) is 2. The zero-order valence-electron chi connectivity index (χ0n) is 12.1. The number of aromatic nitrogens is 2. The second-order valence-electron chi connectivity index (χ2n) is 5.06. The van der Waals surface area contributed by atoms with Crippen molar-refractivity contribution in [2.45, 2.75) is 26.8 Å². The van der Waals surface area contributed by atoms with Crippen LogP contribution in [-0.2, 0) is 0 Å². The van der Waals surface area contributed by atoms with Crippen molar-refractivity contribution < 1.29 is 14.7 Å². The van der Waals surface area contributed by atoms with E-state index in [2.05, 4.69) is 10.4 Å². The fraction of sp³-hybridized carbons (Fsp3) is 0.267. The number of aromatic carboxylic acids is 1. The number of amides is 1. The van der Waals surface area contributed by atoms with Gasteiger partial charge in [-0.05, 0) is 50.6 Å². The zero-order valence-corrected chi connectivity index (χ0v) is 12.1. The lowest BCUT2D eigenvalue weighted by Crippen LogP contribution is -2.14. The van der Waals surface area contributed by atoms with E-state index in [0.717, 1.165) is 0 Å². The number of carbonyl (C=O) groups excluding carboxylic acids is 1. The quantitative estimate of drug-likeness (QED) is 0.905. The molecule has 1 heterocycles. The molecule has 0 aliphatic carbocycles. The minimum Gasteiger partial charge on any atom is -0.478 e. The minimum atomic E-state index is -0.985. The Morgan fingerprint density at radius 1 is 1.29 bits per heavy atom. The molecular weight excluding hydrogens is 270 g/mol. The van der Waals surface area contributed by atoms with Crippen LogP contribution in [0.4, 0.5) is 5.69 Å². The number of nitrogens with zero attached hydrogens (tertiary/aromatic N) is 2. The molecule has 21 heavy (non-hydrogen) atoms. The Hall–Kier alpha value is -2.63. The number of carbonyl (C=O) groups is 2. The van der Waals surface area contributed by atoms with Gasteiger partial charge in [0, 0.05) is 17.9 Å². The largest absolute Gasteiger partial charge is 0.478 e. The molecule has 0 spiro atoms. The maximum absolute atomic E-state index is 12.1. The van der Waals surface area contributed by atoms with Crippen LogP contribution in [0.15, 0.2) is 30.5 Å². The van der Waals surface area contributed by atoms with Gasteiger partial charge < -0.3 is 10.4 Å². The van der Waals surface area contributed by atoms with Crippen molar-refractivity contribution in [3.05, 3.63) is 47.3 Å². The molecule has 0 unspecified atom stereocenters. The second-order valence-corrected chi connectivity index (χ2v) is 5.06. The summed E-state index contributed by atoms with van der Waals surface area (Å²) in [6.45, 7) is 5.64. The van der Waals surface area contributed by atoms with Gasteiger partial charge in [-0.25, -0.2) is 4.79 Å². The van der Waals surface area contributed by atoms with E-state index in [9.17, 15) is 9.59 Å². The molecule has 0 saturated heterocycles. The molecule has 1 aromatic heterocycles. The second kappa shape index (κ2) is 5.78. The Morgan fingerprint density at radius 2 is 2.00 bits per heavy atom. The van der Waals surface area contributed by atoms with Crippen LogP contribution in [0, 0.1) is 6.92 Å². The number of nitrogens with one attached hydrogen (secondary N) is 1. The third kappa shape index (κ3) is 3.28. The van der Waals surface area contributed by atoms with Crippen LogP contribution >= 0.6 is 0 Å². The molecule has 0 aliphatic heterocycles. The van der Waals surface area contributed by atoms with Gasteiger partial charge in [0.2, 0.25) is 0 Å². The summed E-state index contributed by atoms with van der Waals surface area (Å²) in [4.78, 5) is 23.0. The molecule has 2 aromatic rings. The van der Waals surface area contributed by atoms with Crippen molar-refractivity contribution >= 4 is 17.6 Å². The molecule has 110 valence electrons. The van der Waals surface area contributed by atoms with Crippen molar-refractivity contribution in [3.63, 3.8) is 0 Å². The molecule has 6 nitrogen and oxygen atoms in total. The van der Waals surface area contributed by atoms with E-state index in [4.69, 9.17) is 5.11 Å². The van der Waals surface area contributed by atoms with Gasteiger partial charge >= 0.3 is 5.97 Å². The number of rotatable bonds is 4. The van der Waals surface area contributed by atoms with Crippen LogP contribution in [0.3, 0.4) is 0 Å². The molecule has 0 atom stereocenters. The van der Waals surface area contributed by atoms with Crippen molar-refractivity contribution in [2.24, 2.45) is 0 Å². The highest BCUT2D eigenvalue weighted by molar-refractivity contribution is 6.03. The van der Waals surface area contributed by atoms with Gasteiger partial charge in [-0.15, -0.1) is 0 Å². The predicted octanol–water partition coefficient (Wildman–Crippen LogP) is 2.72. The maximum atomic E-state index is 12.1. The smallest absolute Gasteiger partial charge is 0.335 e. The molecule has 0 fully saturated rings. The van der Waals surface area contributed by atoms with E-state index in [1.54, 1.807) is 36.0 Å². The first-order chi connectivity index (χ1) is 9.88. The van der Waals surface area contributed by atoms with Gasteiger partial charge in [0.1, 0.15) is 0 Å². The van der Waals surface area contributed by atoms with Crippen LogP contribution in [-0.4, -0.2) is 26.8 Å². The molecule has 0 saturated carbocycles. The Labute approximate surface area is 122 Å². The lowest BCUT2D eigenvalue weighted by Gasteiger charge is -2.07. The molecule has 2 rings (SSSR count). The fourth-order valence-electron chi connectivity index (χ4n) is 1.92. The van der Waals surface area contributed by atoms with Crippen molar-refractivity contribution in [1.82, 2.24) is 9.78 Å². The average Bonchev–Trinajstić information content (AvgIpc) is 2.88. The van der Waals surface area contributed by atoms with E-state index >= 15 is 0 Å². The third-order valence-corrected chi connectivity index (χ3v) is 3.08. The molecule has 6 heteroatoms. The standard InChI is InChI=1S/C15H17N3O3/c1-9(2)18-7-6-13(17-18)14(19)16-11-4-5-12(15(20)21)10(3)8-11/h4-9H,1-3H3,(H,16,19)(H,20,21). The summed E-state index contributed by atoms with van der Waals surface area (Å²) in [6, 6.07) is 6.49. The van der Waals surface area contributed by atoms with E-state index in [-0.39, 0.29) is 17.5 Å². The van der Waals surface area contributed by atoms with Crippen LogP contribution in [0.5, 0.6) is 0 Å². The van der Waals surface area contributed by atoms with Crippen molar-refractivity contribution in [3.8, 4) is 0 Å². The zero-order chi connectivity index (χ0) is 15.6. The van der Waals surface area contributed by atoms with E-state index in [1.165, 1.54) is 6.07 Å². The molecule has 1 aromatic carbocycles. The molecule has 1 amide bonds. The number of hydrogen-bond acceptors (Lipinski definition) is 3. The summed E-state index contributed by atoms with van der Waals surface area (Å²) in [5, 5.41) is 15.9. The van der Waals surface area contributed by atoms with Gasteiger partial charge in [-0.3, -0.25) is 9.48 Å². The number of aryl methyl sites for hydroxylation is 1. The number of carboxylic acids is 1. The first-order valence-electron chi connectivity index (χ1n) is 6.59. The fourth-order valence-corrected chi connectivity index (χ4v) is 1.92. The topological polar surface area (TPSA) is 84.2 Å². The monoisotopic (exact) mass is 287 g/mol. The van der Waals surface area contributed by atoms with Crippen molar-refractivity contribution in [1.29, 1.82) is 0 Å². The van der Waals surface area contributed by atoms with Crippen LogP contribution < -0.4 is 5.32 Å². The third-order valence-electron chi connectivity index (χ3n) is 3.08. The maximum Gasteiger partial charge on any atom is 0.335 e. The lowest BCUT2D eigenvalue weighted by molar-refractivity contribution is 0.0696. The van der Waals surface area contributed by atoms with Crippen LogP contribution in [0.1, 0.15) is 46.3 Å². The number of carboxylic acid groups (broad SMARTS) is 1. The first-order valence-corrected chi connectivity index (χ1v) is 6.59. The molecule has 0 aliphatic rings. The predicted molar refractivity (Wildman–Crippen MR) is 78.7 cm³/mol. The van der Waals surface area contributed by atoms with E-state index in [0.29, 0.717) is 16.9 Å². The molecule has 0 radical (unpaired) electrons. The summed E-state index contributed by atoms with van der Waals surface area (Å²) < 4.78 is 1.70. The van der Waals surface area contributed by atoms with Gasteiger partial charge in [0.15, 0.2) is 5.69 Å². The Balaban J connectivity index is 2.15. The summed E-state index contributed by atoms with van der Waals surface area (Å²) in [6.07, 6.45) is 1.75. The highest BCUT2D eigenvalue weighted by Crippen LogP contribution is 2.16. The van der Waals surface area contributed by atoms with E-state index < -0.39 is 5.97 Å². The lowest BCUT2D eigenvalue weighted by atomic mass is 10.1. The SMILES string of the molecule is Cc1cc(NC(=O)c2ccn(C(C)C)n2)ccc1C(=O)O. The Bertz CT molecular complexity index is 689. The van der Waals surface area contributed by atoms with Crippen LogP contribution in [0.2, 0.25) is 0 Å². The normalized spacial score (nSPS) is 10.7. The Kier molecular flexibility index (Phi) is 4.07. The van der Waals surface area contributed by atoms with E-state index in [1.807, 2.05) is 13.8 Å². The summed E-state index contributed by atoms with van der Waals surface area (Å²) in [7, 11) is 0. The van der Waals surface area contributed by atoms with Crippen molar-refractivity contribution in [2.75, 3.05) is 5.32 Å². The van der Waals surface area contributed by atoms with Gasteiger partial charge in [-0.2, -0.15) is 5.10 Å². The highest BCUT2D eigenvalue weighted by Gasteiger charge is 2.12. The number of benzene rings is 1. The first kappa shape index (κ1) is 14.8. The Morgan fingerprint density at radius 3 is 2.52 bits per heavy atom. The van der Waals surface area contributed by atoms with Gasteiger partial charge in [-0.1, -0.05) is 0 Å². The summed E-state index contributed by atoms with van der Waals surface area (Å²) in [5.74, 6) is -1.31. The van der Waals surface area contributed by atoms with Gasteiger partial charge in [0.25, 0.3) is 5.91 Å². The minimum absolute atomic E-state index is 0.184. The van der Waals surface area contributed by atoms with Gasteiger partial charge in [0.05, 0.1) is 5.56 Å². The summed E-state index contributed by atoms with van der Waals surface area (Å²) in [5.41, 5.74) is 1.68. The summed E-state index contributed by atoms with van der Waals surface area (Å²) >= 11 is 0. The highest BCUT2D eigenvalue weighted by atomic mass is 16.4. The van der Waals surface area contributed by atoms with Crippen LogP contribution in [0.25, 0.3) is 0 Å².